The van der Waals surface area contributed by atoms with Gasteiger partial charge in [-0.2, -0.15) is 0 Å². The number of hydrogen-bond acceptors (Lipinski definition) is 2. The summed E-state index contributed by atoms with van der Waals surface area (Å²) in [6, 6.07) is 70.7. The molecule has 0 aliphatic rings. The third kappa shape index (κ3) is 4.55. The molecule has 9 aromatic carbocycles. The van der Waals surface area contributed by atoms with Crippen LogP contribution in [-0.2, 0) is 0 Å². The molecule has 0 unspecified atom stereocenters. The molecule has 0 N–H and O–H groups in total. The highest BCUT2D eigenvalue weighted by Gasteiger charge is 2.19. The number of aromatic nitrogens is 2. The lowest BCUT2D eigenvalue weighted by Gasteiger charge is -2.11. The number of furan rings is 1. The number of fused-ring (bicyclic) bond motifs is 13. The fourth-order valence-corrected chi connectivity index (χ4v) is 10.5. The molecule has 4 heteroatoms. The first-order valence-corrected chi connectivity index (χ1v) is 20.6. The largest absolute Gasteiger partial charge is 0.454 e. The van der Waals surface area contributed by atoms with Crippen molar-refractivity contribution in [2.45, 2.75) is 0 Å². The van der Waals surface area contributed by atoms with E-state index >= 15 is 0 Å². The van der Waals surface area contributed by atoms with Gasteiger partial charge in [-0.3, -0.25) is 0 Å². The van der Waals surface area contributed by atoms with Crippen molar-refractivity contribution in [2.24, 2.45) is 0 Å². The predicted molar refractivity (Wildman–Crippen MR) is 246 cm³/mol. The molecule has 0 aliphatic carbocycles. The lowest BCUT2D eigenvalue weighted by molar-refractivity contribution is 0.671. The second kappa shape index (κ2) is 12.1. The molecule has 58 heavy (non-hydrogen) atoms. The summed E-state index contributed by atoms with van der Waals surface area (Å²) < 4.78 is 14.0. The standard InChI is InChI=1S/C54H32N2OS/c1-6-14-48-39(9-1)43-27-28-44-41-11-3-7-15-50(41)57-54(44)53(43)56(48)38-25-19-34(20-26-38)33-17-23-37(24-18-33)55-47-13-5-2-10-40(47)45-31-35(21-29-49(45)55)36-22-30-52-46(32-36)42-12-4-8-16-51(42)58-52/h1-32H. The van der Waals surface area contributed by atoms with Gasteiger partial charge in [0.25, 0.3) is 0 Å². The molecule has 0 saturated heterocycles. The van der Waals surface area contributed by atoms with Gasteiger partial charge < -0.3 is 13.6 Å². The van der Waals surface area contributed by atoms with Crippen LogP contribution in [0.3, 0.4) is 0 Å². The Hall–Kier alpha value is -7.40. The van der Waals surface area contributed by atoms with Gasteiger partial charge in [-0.05, 0) is 101 Å². The molecule has 4 heterocycles. The Bertz CT molecular complexity index is 3780. The van der Waals surface area contributed by atoms with Gasteiger partial charge >= 0.3 is 0 Å². The molecule has 0 aliphatic heterocycles. The van der Waals surface area contributed by atoms with Crippen LogP contribution in [0.25, 0.3) is 119 Å². The van der Waals surface area contributed by atoms with Gasteiger partial charge in [0.2, 0.25) is 0 Å². The summed E-state index contributed by atoms with van der Waals surface area (Å²) in [6.45, 7) is 0. The van der Waals surface area contributed by atoms with E-state index in [2.05, 4.69) is 197 Å². The van der Waals surface area contributed by atoms with E-state index in [1.807, 2.05) is 17.4 Å². The van der Waals surface area contributed by atoms with Crippen molar-refractivity contribution in [1.29, 1.82) is 0 Å². The minimum Gasteiger partial charge on any atom is -0.454 e. The van der Waals surface area contributed by atoms with Gasteiger partial charge in [0, 0.05) is 63.9 Å². The van der Waals surface area contributed by atoms with Crippen molar-refractivity contribution in [3.63, 3.8) is 0 Å². The van der Waals surface area contributed by atoms with Crippen LogP contribution in [0.5, 0.6) is 0 Å². The third-order valence-corrected chi connectivity index (χ3v) is 13.3. The first-order chi connectivity index (χ1) is 28.7. The maximum Gasteiger partial charge on any atom is 0.160 e. The average molecular weight is 757 g/mol. The molecule has 0 fully saturated rings. The zero-order chi connectivity index (χ0) is 37.9. The Kier molecular flexibility index (Phi) is 6.60. The number of hydrogen-bond donors (Lipinski definition) is 0. The minimum absolute atomic E-state index is 0.909. The summed E-state index contributed by atoms with van der Waals surface area (Å²) in [5, 5.41) is 9.85. The van der Waals surface area contributed by atoms with Crippen LogP contribution < -0.4 is 0 Å². The van der Waals surface area contributed by atoms with Crippen LogP contribution in [0.4, 0.5) is 0 Å². The van der Waals surface area contributed by atoms with E-state index in [-0.39, 0.29) is 0 Å². The maximum absolute atomic E-state index is 6.57. The quantitative estimate of drug-likeness (QED) is 0.175. The maximum atomic E-state index is 6.57. The summed E-state index contributed by atoms with van der Waals surface area (Å²) in [4.78, 5) is 0. The van der Waals surface area contributed by atoms with Crippen LogP contribution >= 0.6 is 11.3 Å². The Labute approximate surface area is 336 Å². The van der Waals surface area contributed by atoms with Crippen molar-refractivity contribution in [2.75, 3.05) is 0 Å². The molecular weight excluding hydrogens is 725 g/mol. The minimum atomic E-state index is 0.909. The lowest BCUT2D eigenvalue weighted by Crippen LogP contribution is -1.95. The molecule has 0 amide bonds. The van der Waals surface area contributed by atoms with Crippen LogP contribution in [0.15, 0.2) is 199 Å². The lowest BCUT2D eigenvalue weighted by atomic mass is 10.0. The van der Waals surface area contributed by atoms with Crippen molar-refractivity contribution in [1.82, 2.24) is 9.13 Å². The van der Waals surface area contributed by atoms with Gasteiger partial charge in [0.15, 0.2) is 5.58 Å². The Morgan fingerprint density at radius 3 is 1.60 bits per heavy atom. The van der Waals surface area contributed by atoms with Gasteiger partial charge in [-0.25, -0.2) is 0 Å². The second-order valence-electron chi connectivity index (χ2n) is 15.3. The van der Waals surface area contributed by atoms with E-state index in [1.165, 1.54) is 75.0 Å². The molecule has 13 aromatic rings. The zero-order valence-electron chi connectivity index (χ0n) is 31.2. The van der Waals surface area contributed by atoms with Gasteiger partial charge in [-0.1, -0.05) is 115 Å². The number of rotatable bonds is 4. The number of nitrogens with zero attached hydrogens (tertiary/aromatic N) is 2. The molecule has 0 atom stereocenters. The SMILES string of the molecule is c1ccc2c(c1)oc1c2ccc2c3ccccc3n(-c3ccc(-c4ccc(-n5c6ccccc6c6cc(-c7ccc8sc9ccccc9c8c7)ccc65)cc4)cc3)c21. The molecule has 0 spiro atoms. The predicted octanol–water partition coefficient (Wildman–Crippen LogP) is 15.5. The van der Waals surface area contributed by atoms with Crippen LogP contribution in [-0.4, -0.2) is 9.13 Å². The summed E-state index contributed by atoms with van der Waals surface area (Å²) in [7, 11) is 0. The Morgan fingerprint density at radius 1 is 0.328 bits per heavy atom. The molecule has 3 nitrogen and oxygen atoms in total. The number of benzene rings is 9. The summed E-state index contributed by atoms with van der Waals surface area (Å²) in [5.41, 5.74) is 13.6. The van der Waals surface area contributed by atoms with Crippen molar-refractivity contribution in [3.05, 3.63) is 194 Å². The summed E-state index contributed by atoms with van der Waals surface area (Å²) in [5.74, 6) is 0. The average Bonchev–Trinajstić information content (AvgIpc) is 4.04. The first-order valence-electron chi connectivity index (χ1n) is 19.7. The number of para-hydroxylation sites is 3. The topological polar surface area (TPSA) is 23.0 Å². The van der Waals surface area contributed by atoms with Gasteiger partial charge in [-0.15, -0.1) is 11.3 Å². The second-order valence-corrected chi connectivity index (χ2v) is 16.4. The molecule has 270 valence electrons. The highest BCUT2D eigenvalue weighted by atomic mass is 32.1. The van der Waals surface area contributed by atoms with Gasteiger partial charge in [0.05, 0.1) is 22.1 Å². The highest BCUT2D eigenvalue weighted by Crippen LogP contribution is 2.42. The number of thiophene rings is 1. The molecular formula is C54H32N2OS. The van der Waals surface area contributed by atoms with E-state index < -0.39 is 0 Å². The molecule has 0 saturated carbocycles. The normalized spacial score (nSPS) is 12.1. The smallest absolute Gasteiger partial charge is 0.160 e. The van der Waals surface area contributed by atoms with Crippen LogP contribution in [0.1, 0.15) is 0 Å². The molecule has 0 radical (unpaired) electrons. The monoisotopic (exact) mass is 756 g/mol. The molecule has 0 bridgehead atoms. The zero-order valence-corrected chi connectivity index (χ0v) is 32.0. The van der Waals surface area contributed by atoms with Crippen molar-refractivity contribution < 1.29 is 4.42 Å². The van der Waals surface area contributed by atoms with E-state index in [1.54, 1.807) is 0 Å². The van der Waals surface area contributed by atoms with E-state index in [9.17, 15) is 0 Å². The van der Waals surface area contributed by atoms with Crippen molar-refractivity contribution in [3.8, 4) is 33.6 Å². The molecule has 4 aromatic heterocycles. The summed E-state index contributed by atoms with van der Waals surface area (Å²) in [6.07, 6.45) is 0. The van der Waals surface area contributed by atoms with E-state index in [4.69, 9.17) is 4.42 Å². The Balaban J connectivity index is 0.883. The van der Waals surface area contributed by atoms with Gasteiger partial charge in [0.1, 0.15) is 5.58 Å². The van der Waals surface area contributed by atoms with E-state index in [0.717, 1.165) is 44.3 Å². The third-order valence-electron chi connectivity index (χ3n) is 12.1. The molecule has 13 rings (SSSR count). The fourth-order valence-electron chi connectivity index (χ4n) is 9.44. The highest BCUT2D eigenvalue weighted by molar-refractivity contribution is 7.25. The van der Waals surface area contributed by atoms with E-state index in [0.29, 0.717) is 0 Å². The first kappa shape index (κ1) is 31.8. The summed E-state index contributed by atoms with van der Waals surface area (Å²) >= 11 is 1.86. The van der Waals surface area contributed by atoms with Crippen LogP contribution in [0, 0.1) is 0 Å². The fraction of sp³-hybridized carbons (Fsp3) is 0. The van der Waals surface area contributed by atoms with Crippen LogP contribution in [0.2, 0.25) is 0 Å². The van der Waals surface area contributed by atoms with Crippen molar-refractivity contribution >= 4 is 97.1 Å². The Morgan fingerprint density at radius 2 is 0.845 bits per heavy atom.